The lowest BCUT2D eigenvalue weighted by Gasteiger charge is -2.32. The van der Waals surface area contributed by atoms with Gasteiger partial charge in [-0.15, -0.1) is 0 Å². The maximum Gasteiger partial charge on any atom is 0.314 e. The van der Waals surface area contributed by atoms with Crippen LogP contribution in [0.4, 0.5) is 4.79 Å². The lowest BCUT2D eigenvalue weighted by molar-refractivity contribution is -0.131. The maximum atomic E-state index is 12.6. The van der Waals surface area contributed by atoms with Crippen molar-refractivity contribution in [2.45, 2.75) is 64.3 Å². The summed E-state index contributed by atoms with van der Waals surface area (Å²) >= 11 is 0. The van der Waals surface area contributed by atoms with Crippen LogP contribution in [0.15, 0.2) is 11.1 Å². The fourth-order valence-corrected chi connectivity index (χ4v) is 5.06. The van der Waals surface area contributed by atoms with Crippen LogP contribution < -0.4 is 16.0 Å². The van der Waals surface area contributed by atoms with Crippen LogP contribution in [-0.2, 0) is 9.59 Å². The van der Waals surface area contributed by atoms with Gasteiger partial charge in [-0.25, -0.2) is 4.79 Å². The summed E-state index contributed by atoms with van der Waals surface area (Å²) in [6, 6.07) is -0.181. The van der Waals surface area contributed by atoms with Crippen LogP contribution in [-0.4, -0.2) is 55.5 Å². The van der Waals surface area contributed by atoms with E-state index >= 15 is 0 Å². The highest BCUT2D eigenvalue weighted by Crippen LogP contribution is 2.48. The highest BCUT2D eigenvalue weighted by atomic mass is 16.2. The molecule has 3 fully saturated rings. The summed E-state index contributed by atoms with van der Waals surface area (Å²) in [4.78, 5) is 38.4. The Morgan fingerprint density at radius 3 is 2.56 bits per heavy atom. The molecule has 1 heterocycles. The number of amides is 4. The van der Waals surface area contributed by atoms with Crippen molar-refractivity contribution in [1.29, 1.82) is 0 Å². The van der Waals surface area contributed by atoms with Crippen LogP contribution in [0, 0.1) is 5.41 Å². The van der Waals surface area contributed by atoms with Gasteiger partial charge in [0.1, 0.15) is 0 Å². The number of urea groups is 1. The number of fused-ring (bicyclic) bond motifs is 1. The molecule has 0 aromatic rings. The summed E-state index contributed by atoms with van der Waals surface area (Å²) in [5, 5.41) is 8.21. The summed E-state index contributed by atoms with van der Waals surface area (Å²) in [6.45, 7) is 3.29. The van der Waals surface area contributed by atoms with Gasteiger partial charge < -0.3 is 20.9 Å². The first kappa shape index (κ1) is 19.7. The number of nitrogens with zero attached hydrogens (tertiary/aromatic N) is 1. The smallest absolute Gasteiger partial charge is 0.314 e. The first-order valence-electron chi connectivity index (χ1n) is 10.2. The van der Waals surface area contributed by atoms with Crippen molar-refractivity contribution in [2.24, 2.45) is 5.41 Å². The van der Waals surface area contributed by atoms with Crippen molar-refractivity contribution in [2.75, 3.05) is 26.7 Å². The van der Waals surface area contributed by atoms with Crippen molar-refractivity contribution in [3.63, 3.8) is 0 Å². The molecule has 0 bridgehead atoms. The van der Waals surface area contributed by atoms with Gasteiger partial charge >= 0.3 is 6.03 Å². The number of allylic oxidation sites excluding steroid dienone is 1. The SMILES string of the molecule is CNC(=O)NCC(=O)N1CC[C@@]2(CNC(=O)C(C)=C3CCCC3)CCC[C@@H]12. The monoisotopic (exact) mass is 376 g/mol. The third-order valence-corrected chi connectivity index (χ3v) is 6.71. The van der Waals surface area contributed by atoms with Gasteiger partial charge in [-0.3, -0.25) is 9.59 Å². The van der Waals surface area contributed by atoms with Crippen molar-refractivity contribution in [3.05, 3.63) is 11.1 Å². The lowest BCUT2D eigenvalue weighted by Crippen LogP contribution is -2.48. The third-order valence-electron chi connectivity index (χ3n) is 6.71. The second-order valence-electron chi connectivity index (χ2n) is 8.16. The number of nitrogens with one attached hydrogen (secondary N) is 3. The van der Waals surface area contributed by atoms with E-state index in [9.17, 15) is 14.4 Å². The molecule has 2 saturated carbocycles. The largest absolute Gasteiger partial charge is 0.352 e. The predicted octanol–water partition coefficient (Wildman–Crippen LogP) is 1.69. The molecule has 3 N–H and O–H groups in total. The first-order valence-corrected chi connectivity index (χ1v) is 10.2. The van der Waals surface area contributed by atoms with Gasteiger partial charge in [-0.05, 0) is 51.9 Å². The van der Waals surface area contributed by atoms with E-state index in [4.69, 9.17) is 0 Å². The zero-order chi connectivity index (χ0) is 19.4. The van der Waals surface area contributed by atoms with Gasteiger partial charge in [-0.2, -0.15) is 0 Å². The van der Waals surface area contributed by atoms with Crippen LogP contribution in [0.1, 0.15) is 58.3 Å². The van der Waals surface area contributed by atoms with Crippen LogP contribution >= 0.6 is 0 Å². The fraction of sp³-hybridized carbons (Fsp3) is 0.750. The minimum Gasteiger partial charge on any atom is -0.352 e. The molecule has 27 heavy (non-hydrogen) atoms. The molecule has 4 amide bonds. The van der Waals surface area contributed by atoms with Gasteiger partial charge in [0.05, 0.1) is 6.54 Å². The van der Waals surface area contributed by atoms with E-state index in [0.717, 1.165) is 44.1 Å². The Morgan fingerprint density at radius 1 is 1.11 bits per heavy atom. The number of carbonyl (C=O) groups excluding carboxylic acids is 3. The zero-order valence-corrected chi connectivity index (χ0v) is 16.5. The van der Waals surface area contributed by atoms with E-state index in [1.807, 2.05) is 11.8 Å². The van der Waals surface area contributed by atoms with Crippen LogP contribution in [0.25, 0.3) is 0 Å². The minimum atomic E-state index is -0.345. The number of carbonyl (C=O) groups is 3. The van der Waals surface area contributed by atoms with E-state index in [2.05, 4.69) is 16.0 Å². The first-order chi connectivity index (χ1) is 13.0. The molecule has 7 heteroatoms. The van der Waals surface area contributed by atoms with Crippen molar-refractivity contribution < 1.29 is 14.4 Å². The Bertz CT molecular complexity index is 637. The summed E-state index contributed by atoms with van der Waals surface area (Å²) < 4.78 is 0. The highest BCUT2D eigenvalue weighted by molar-refractivity contribution is 5.93. The third kappa shape index (κ3) is 4.12. The molecule has 0 unspecified atom stereocenters. The van der Waals surface area contributed by atoms with Crippen LogP contribution in [0.2, 0.25) is 0 Å². The second-order valence-corrected chi connectivity index (χ2v) is 8.16. The Morgan fingerprint density at radius 2 is 1.85 bits per heavy atom. The number of hydrogen-bond donors (Lipinski definition) is 3. The molecule has 1 aliphatic heterocycles. The van der Waals surface area contributed by atoms with Gasteiger partial charge in [0.2, 0.25) is 11.8 Å². The Hall–Kier alpha value is -2.05. The van der Waals surface area contributed by atoms with Gasteiger partial charge in [0.25, 0.3) is 0 Å². The molecular formula is C20H32N4O3. The van der Waals surface area contributed by atoms with Gasteiger partial charge in [0, 0.05) is 37.2 Å². The molecule has 3 rings (SSSR count). The van der Waals surface area contributed by atoms with E-state index < -0.39 is 0 Å². The molecular weight excluding hydrogens is 344 g/mol. The molecule has 0 radical (unpaired) electrons. The summed E-state index contributed by atoms with van der Waals surface area (Å²) in [5.74, 6) is 0.0148. The van der Waals surface area contributed by atoms with E-state index in [-0.39, 0.29) is 35.8 Å². The standard InChI is InChI=1S/C20H32N4O3/c1-14(15-6-3-4-7-15)18(26)23-13-20-9-5-8-16(20)24(11-10-20)17(25)12-22-19(27)21-2/h16H,3-13H2,1-2H3,(H,23,26)(H2,21,22,27)/t16-,20-/m1/s1. The van der Waals surface area contributed by atoms with Crippen molar-refractivity contribution in [1.82, 2.24) is 20.9 Å². The van der Waals surface area contributed by atoms with E-state index in [1.54, 1.807) is 0 Å². The molecule has 150 valence electrons. The Labute approximate surface area is 161 Å². The molecule has 0 spiro atoms. The molecule has 3 aliphatic rings. The summed E-state index contributed by atoms with van der Waals surface area (Å²) in [5.41, 5.74) is 2.18. The summed E-state index contributed by atoms with van der Waals surface area (Å²) in [6.07, 6.45) is 8.48. The quantitative estimate of drug-likeness (QED) is 0.638. The lowest BCUT2D eigenvalue weighted by atomic mass is 9.82. The van der Waals surface area contributed by atoms with Gasteiger partial charge in [0.15, 0.2) is 0 Å². The second kappa shape index (κ2) is 8.31. The topological polar surface area (TPSA) is 90.5 Å². The molecule has 1 saturated heterocycles. The maximum absolute atomic E-state index is 12.6. The zero-order valence-electron chi connectivity index (χ0n) is 16.5. The average molecular weight is 377 g/mol. The number of rotatable bonds is 5. The Balaban J connectivity index is 1.58. The number of likely N-dealkylation sites (tertiary alicyclic amines) is 1. The van der Waals surface area contributed by atoms with E-state index in [1.165, 1.54) is 25.5 Å². The molecule has 0 aromatic heterocycles. The fourth-order valence-electron chi connectivity index (χ4n) is 5.06. The summed E-state index contributed by atoms with van der Waals surface area (Å²) in [7, 11) is 1.53. The normalized spacial score (nSPS) is 26.7. The highest BCUT2D eigenvalue weighted by Gasteiger charge is 2.51. The van der Waals surface area contributed by atoms with Gasteiger partial charge in [-0.1, -0.05) is 12.0 Å². The van der Waals surface area contributed by atoms with E-state index in [0.29, 0.717) is 13.1 Å². The number of hydrogen-bond acceptors (Lipinski definition) is 3. The molecule has 7 nitrogen and oxygen atoms in total. The van der Waals surface area contributed by atoms with Crippen molar-refractivity contribution in [3.8, 4) is 0 Å². The Kier molecular flexibility index (Phi) is 6.07. The molecule has 2 aliphatic carbocycles. The minimum absolute atomic E-state index is 0.0149. The van der Waals surface area contributed by atoms with Crippen molar-refractivity contribution >= 4 is 17.8 Å². The molecule has 0 aromatic carbocycles. The molecule has 2 atom stereocenters. The van der Waals surface area contributed by atoms with Crippen LogP contribution in [0.3, 0.4) is 0 Å². The predicted molar refractivity (Wildman–Crippen MR) is 103 cm³/mol. The average Bonchev–Trinajstić information content (AvgIpc) is 3.39. The van der Waals surface area contributed by atoms with Crippen LogP contribution in [0.5, 0.6) is 0 Å².